The van der Waals surface area contributed by atoms with Crippen LogP contribution in [0.3, 0.4) is 0 Å². The summed E-state index contributed by atoms with van der Waals surface area (Å²) in [5.41, 5.74) is 0.704. The van der Waals surface area contributed by atoms with E-state index >= 15 is 0 Å². The number of nitrogens with zero attached hydrogens (tertiary/aromatic N) is 3. The van der Waals surface area contributed by atoms with Crippen molar-refractivity contribution in [3.63, 3.8) is 0 Å². The van der Waals surface area contributed by atoms with Gasteiger partial charge in [0.15, 0.2) is 0 Å². The van der Waals surface area contributed by atoms with E-state index in [2.05, 4.69) is 4.98 Å². The molecule has 0 saturated heterocycles. The minimum atomic E-state index is -3.85. The first-order valence-electron chi connectivity index (χ1n) is 8.52. The van der Waals surface area contributed by atoms with Crippen LogP contribution >= 0.6 is 0 Å². The third kappa shape index (κ3) is 4.95. The number of sulfonamides is 1. The van der Waals surface area contributed by atoms with Crippen molar-refractivity contribution in [3.8, 4) is 0 Å². The number of hydrogen-bond donors (Lipinski definition) is 1. The molecule has 0 saturated carbocycles. The van der Waals surface area contributed by atoms with Crippen molar-refractivity contribution in [1.29, 1.82) is 0 Å². The zero-order valence-corrected chi connectivity index (χ0v) is 16.3. The molecule has 0 spiro atoms. The average Bonchev–Trinajstić information content (AvgIpc) is 2.67. The zero-order valence-electron chi connectivity index (χ0n) is 15.4. The number of aromatic nitrogens is 1. The first-order valence-corrected chi connectivity index (χ1v) is 10.4. The average molecular weight is 415 g/mol. The number of carbonyl (C=O) groups excluding carboxylic acids is 1. The number of hydrogen-bond acceptors (Lipinski definition) is 5. The van der Waals surface area contributed by atoms with Gasteiger partial charge in [-0.2, -0.15) is 0 Å². The molecule has 0 aliphatic carbocycles. The summed E-state index contributed by atoms with van der Waals surface area (Å²) < 4.78 is 39.2. The molecule has 0 aliphatic rings. The van der Waals surface area contributed by atoms with Crippen molar-refractivity contribution >= 4 is 27.3 Å². The molecule has 9 heteroatoms. The Bertz CT molecular complexity index is 1120. The van der Waals surface area contributed by atoms with Crippen LogP contribution < -0.4 is 4.31 Å². The van der Waals surface area contributed by atoms with Crippen molar-refractivity contribution < 1.29 is 22.8 Å². The summed E-state index contributed by atoms with van der Waals surface area (Å²) in [6.07, 6.45) is 2.21. The van der Waals surface area contributed by atoms with Gasteiger partial charge in [-0.05, 0) is 35.9 Å². The maximum absolute atomic E-state index is 13.6. The fourth-order valence-corrected chi connectivity index (χ4v) is 3.75. The molecule has 1 aromatic heterocycles. The van der Waals surface area contributed by atoms with E-state index in [1.54, 1.807) is 24.3 Å². The Hall–Kier alpha value is -3.30. The molecule has 1 N–H and O–H groups in total. The highest BCUT2D eigenvalue weighted by molar-refractivity contribution is 7.92. The maximum atomic E-state index is 13.6. The standard InChI is InChI=1S/C20H18FN3O4S/c1-29(27,28)24(17-9-5-8-16(21)12-17)18-10-11-22-19(13-18)20(25)23(26)14-15-6-3-2-4-7-15/h2-13,26H,14H2,1H3. The van der Waals surface area contributed by atoms with E-state index in [-0.39, 0.29) is 23.6 Å². The van der Waals surface area contributed by atoms with Crippen molar-refractivity contribution in [3.05, 3.63) is 90.0 Å². The molecular formula is C20H18FN3O4S. The molecule has 0 atom stereocenters. The third-order valence-electron chi connectivity index (χ3n) is 3.98. The van der Waals surface area contributed by atoms with Gasteiger partial charge in [0.25, 0.3) is 5.91 Å². The van der Waals surface area contributed by atoms with Gasteiger partial charge in [0, 0.05) is 6.20 Å². The Balaban J connectivity index is 1.93. The van der Waals surface area contributed by atoms with E-state index in [4.69, 9.17) is 0 Å². The van der Waals surface area contributed by atoms with Crippen LogP contribution in [0.1, 0.15) is 16.1 Å². The van der Waals surface area contributed by atoms with Gasteiger partial charge in [0.2, 0.25) is 10.0 Å². The van der Waals surface area contributed by atoms with Crippen LogP contribution in [0.5, 0.6) is 0 Å². The van der Waals surface area contributed by atoms with Crippen LogP contribution in [0.25, 0.3) is 0 Å². The van der Waals surface area contributed by atoms with Crippen molar-refractivity contribution in [2.75, 3.05) is 10.6 Å². The van der Waals surface area contributed by atoms with Crippen LogP contribution in [0.2, 0.25) is 0 Å². The molecule has 0 radical (unpaired) electrons. The van der Waals surface area contributed by atoms with E-state index in [1.165, 1.54) is 36.5 Å². The second-order valence-electron chi connectivity index (χ2n) is 6.25. The molecule has 0 aliphatic heterocycles. The minimum absolute atomic E-state index is 0.0642. The zero-order chi connectivity index (χ0) is 21.0. The lowest BCUT2D eigenvalue weighted by Crippen LogP contribution is -2.29. The van der Waals surface area contributed by atoms with Crippen LogP contribution in [-0.4, -0.2) is 35.8 Å². The van der Waals surface area contributed by atoms with Gasteiger partial charge in [-0.15, -0.1) is 0 Å². The summed E-state index contributed by atoms with van der Waals surface area (Å²) in [4.78, 5) is 16.5. The molecule has 0 unspecified atom stereocenters. The predicted molar refractivity (Wildman–Crippen MR) is 106 cm³/mol. The van der Waals surface area contributed by atoms with Crippen LogP contribution in [0.15, 0.2) is 72.9 Å². The minimum Gasteiger partial charge on any atom is -0.285 e. The molecule has 29 heavy (non-hydrogen) atoms. The smallest absolute Gasteiger partial charge is 0.285 e. The molecule has 1 amide bonds. The number of hydroxylamine groups is 2. The van der Waals surface area contributed by atoms with Gasteiger partial charge in [-0.1, -0.05) is 36.4 Å². The van der Waals surface area contributed by atoms with Gasteiger partial charge < -0.3 is 0 Å². The van der Waals surface area contributed by atoms with Crippen molar-refractivity contribution in [2.24, 2.45) is 0 Å². The molecule has 3 rings (SSSR count). The van der Waals surface area contributed by atoms with Gasteiger partial charge in [-0.3, -0.25) is 15.0 Å². The van der Waals surface area contributed by atoms with Crippen LogP contribution in [0, 0.1) is 5.82 Å². The van der Waals surface area contributed by atoms with E-state index in [0.717, 1.165) is 16.6 Å². The monoisotopic (exact) mass is 415 g/mol. The number of rotatable bonds is 6. The molecule has 0 fully saturated rings. The Morgan fingerprint density at radius 3 is 2.38 bits per heavy atom. The first kappa shape index (κ1) is 20.4. The van der Waals surface area contributed by atoms with Gasteiger partial charge in [0.1, 0.15) is 11.5 Å². The lowest BCUT2D eigenvalue weighted by Gasteiger charge is -2.23. The number of halogens is 1. The summed E-state index contributed by atoms with van der Waals surface area (Å²) in [5, 5.41) is 10.6. The van der Waals surface area contributed by atoms with Gasteiger partial charge in [0.05, 0.1) is 24.2 Å². The predicted octanol–water partition coefficient (Wildman–Crippen LogP) is 3.35. The number of amides is 1. The van der Waals surface area contributed by atoms with E-state index < -0.39 is 21.7 Å². The Kier molecular flexibility index (Phi) is 5.90. The molecule has 0 bridgehead atoms. The Morgan fingerprint density at radius 1 is 1.03 bits per heavy atom. The summed E-state index contributed by atoms with van der Waals surface area (Å²) in [6.45, 7) is -0.0642. The van der Waals surface area contributed by atoms with Crippen LogP contribution in [-0.2, 0) is 16.6 Å². The lowest BCUT2D eigenvalue weighted by atomic mass is 10.2. The quantitative estimate of drug-likeness (QED) is 0.493. The second kappa shape index (κ2) is 8.38. The van der Waals surface area contributed by atoms with Crippen molar-refractivity contribution in [1.82, 2.24) is 10.0 Å². The fourth-order valence-electron chi connectivity index (χ4n) is 2.76. The highest BCUT2D eigenvalue weighted by atomic mass is 32.2. The summed E-state index contributed by atoms with van der Waals surface area (Å²) in [5.74, 6) is -1.41. The highest BCUT2D eigenvalue weighted by Gasteiger charge is 2.23. The molecule has 7 nitrogen and oxygen atoms in total. The lowest BCUT2D eigenvalue weighted by molar-refractivity contribution is -0.0652. The van der Waals surface area contributed by atoms with E-state index in [9.17, 15) is 22.8 Å². The molecule has 3 aromatic rings. The number of carbonyl (C=O) groups is 1. The van der Waals surface area contributed by atoms with Gasteiger partial charge in [-0.25, -0.2) is 22.2 Å². The largest absolute Gasteiger partial charge is 0.296 e. The third-order valence-corrected chi connectivity index (χ3v) is 5.07. The van der Waals surface area contributed by atoms with Crippen LogP contribution in [0.4, 0.5) is 15.8 Å². The summed E-state index contributed by atoms with van der Waals surface area (Å²) >= 11 is 0. The molecule has 1 heterocycles. The van der Waals surface area contributed by atoms with Crippen molar-refractivity contribution in [2.45, 2.75) is 6.54 Å². The van der Waals surface area contributed by atoms with Gasteiger partial charge >= 0.3 is 0 Å². The molecular weight excluding hydrogens is 397 g/mol. The second-order valence-corrected chi connectivity index (χ2v) is 8.09. The van der Waals surface area contributed by atoms with E-state index in [1.807, 2.05) is 6.07 Å². The Morgan fingerprint density at radius 2 is 1.72 bits per heavy atom. The SMILES string of the molecule is CS(=O)(=O)N(c1cccc(F)c1)c1ccnc(C(=O)N(O)Cc2ccccc2)c1. The topological polar surface area (TPSA) is 90.8 Å². The number of anilines is 2. The molecule has 2 aromatic carbocycles. The molecule has 150 valence electrons. The summed E-state index contributed by atoms with van der Waals surface area (Å²) in [6, 6.07) is 16.5. The number of benzene rings is 2. The fraction of sp³-hybridized carbons (Fsp3) is 0.100. The Labute approximate surface area is 167 Å². The first-order chi connectivity index (χ1) is 13.8. The summed E-state index contributed by atoms with van der Waals surface area (Å²) in [7, 11) is -3.85. The normalized spacial score (nSPS) is 11.1. The maximum Gasteiger partial charge on any atom is 0.296 e. The highest BCUT2D eigenvalue weighted by Crippen LogP contribution is 2.29. The number of pyridine rings is 1. The van der Waals surface area contributed by atoms with E-state index in [0.29, 0.717) is 10.6 Å².